The number of aryl methyl sites for hydroxylation is 1. The molecule has 0 radical (unpaired) electrons. The van der Waals surface area contributed by atoms with Crippen molar-refractivity contribution >= 4 is 34.6 Å². The molecule has 1 aromatic heterocycles. The normalized spacial score (nSPS) is 19.0. The van der Waals surface area contributed by atoms with E-state index in [1.165, 1.54) is 17.3 Å². The number of hydrogen-bond donors (Lipinski definition) is 0. The van der Waals surface area contributed by atoms with Gasteiger partial charge in [-0.05, 0) is 43.0 Å². The van der Waals surface area contributed by atoms with Gasteiger partial charge in [0.25, 0.3) is 5.91 Å². The third-order valence-electron chi connectivity index (χ3n) is 3.08. The van der Waals surface area contributed by atoms with Gasteiger partial charge < -0.3 is 4.42 Å². The van der Waals surface area contributed by atoms with E-state index in [9.17, 15) is 4.79 Å². The highest BCUT2D eigenvalue weighted by Crippen LogP contribution is 2.33. The molecule has 4 nitrogen and oxygen atoms in total. The fourth-order valence-corrected chi connectivity index (χ4v) is 2.85. The zero-order chi connectivity index (χ0) is 14.8. The minimum atomic E-state index is -0.0674. The highest BCUT2D eigenvalue weighted by Gasteiger charge is 2.30. The van der Waals surface area contributed by atoms with Crippen molar-refractivity contribution in [3.8, 4) is 0 Å². The summed E-state index contributed by atoms with van der Waals surface area (Å²) in [4.78, 5) is 18.9. The van der Waals surface area contributed by atoms with Crippen LogP contribution in [0.5, 0.6) is 0 Å². The Morgan fingerprint density at radius 1 is 1.24 bits per heavy atom. The van der Waals surface area contributed by atoms with Crippen molar-refractivity contribution in [2.75, 3.05) is 7.05 Å². The van der Waals surface area contributed by atoms with E-state index in [4.69, 9.17) is 4.42 Å². The van der Waals surface area contributed by atoms with Gasteiger partial charge in [0.15, 0.2) is 5.17 Å². The van der Waals surface area contributed by atoms with Gasteiger partial charge in [0.05, 0.1) is 16.9 Å². The third kappa shape index (κ3) is 2.92. The van der Waals surface area contributed by atoms with Crippen LogP contribution < -0.4 is 0 Å². The Morgan fingerprint density at radius 3 is 2.67 bits per heavy atom. The van der Waals surface area contributed by atoms with Crippen molar-refractivity contribution in [3.05, 3.63) is 58.9 Å². The van der Waals surface area contributed by atoms with Crippen LogP contribution in [-0.4, -0.2) is 23.0 Å². The Balaban J connectivity index is 1.88. The van der Waals surface area contributed by atoms with E-state index in [-0.39, 0.29) is 5.91 Å². The SMILES string of the molecule is Cc1ccc(N=C2S/C(=C/c3ccco3)C(=O)N2C)cc1. The smallest absolute Gasteiger partial charge is 0.266 e. The largest absolute Gasteiger partial charge is 0.465 e. The molecule has 5 heteroatoms. The molecule has 1 saturated heterocycles. The van der Waals surface area contributed by atoms with Gasteiger partial charge in [-0.3, -0.25) is 9.69 Å². The predicted octanol–water partition coefficient (Wildman–Crippen LogP) is 3.82. The summed E-state index contributed by atoms with van der Waals surface area (Å²) in [7, 11) is 1.73. The number of nitrogens with zero attached hydrogens (tertiary/aromatic N) is 2. The second kappa shape index (κ2) is 5.61. The maximum Gasteiger partial charge on any atom is 0.266 e. The standard InChI is InChI=1S/C16H14N2O2S/c1-11-5-7-12(8-6-11)17-16-18(2)15(19)14(21-16)10-13-4-3-9-20-13/h3-10H,1-2H3/b14-10+,17-16?. The summed E-state index contributed by atoms with van der Waals surface area (Å²) in [5.74, 6) is 0.595. The van der Waals surface area contributed by atoms with Crippen molar-refractivity contribution in [2.24, 2.45) is 4.99 Å². The molecule has 1 amide bonds. The fourth-order valence-electron chi connectivity index (χ4n) is 1.88. The Hall–Kier alpha value is -2.27. The van der Waals surface area contributed by atoms with E-state index in [0.717, 1.165) is 5.69 Å². The minimum absolute atomic E-state index is 0.0674. The first kappa shape index (κ1) is 13.7. The molecule has 0 aliphatic carbocycles. The molecule has 2 heterocycles. The number of carbonyl (C=O) groups is 1. The van der Waals surface area contributed by atoms with Crippen molar-refractivity contribution in [1.29, 1.82) is 0 Å². The number of likely N-dealkylation sites (N-methyl/N-ethyl adjacent to an activating group) is 1. The molecule has 1 aliphatic rings. The lowest BCUT2D eigenvalue weighted by molar-refractivity contribution is -0.121. The molecule has 0 bridgehead atoms. The molecule has 0 atom stereocenters. The van der Waals surface area contributed by atoms with Gasteiger partial charge in [-0.25, -0.2) is 4.99 Å². The third-order valence-corrected chi connectivity index (χ3v) is 4.14. The Morgan fingerprint density at radius 2 is 2.00 bits per heavy atom. The molecular weight excluding hydrogens is 284 g/mol. The number of benzene rings is 1. The van der Waals surface area contributed by atoms with Gasteiger partial charge in [0.1, 0.15) is 5.76 Å². The molecule has 3 rings (SSSR count). The molecule has 106 valence electrons. The Labute approximate surface area is 127 Å². The summed E-state index contributed by atoms with van der Waals surface area (Å²) in [6, 6.07) is 11.5. The van der Waals surface area contributed by atoms with Gasteiger partial charge in [0.2, 0.25) is 0 Å². The van der Waals surface area contributed by atoms with Gasteiger partial charge in [-0.2, -0.15) is 0 Å². The first-order valence-electron chi connectivity index (χ1n) is 6.50. The molecule has 0 spiro atoms. The van der Waals surface area contributed by atoms with Gasteiger partial charge in [0, 0.05) is 13.1 Å². The molecule has 21 heavy (non-hydrogen) atoms. The van der Waals surface area contributed by atoms with E-state index < -0.39 is 0 Å². The van der Waals surface area contributed by atoms with Crippen LogP contribution in [0.4, 0.5) is 5.69 Å². The number of thioether (sulfide) groups is 1. The Bertz CT molecular complexity index is 715. The number of aliphatic imine (C=N–C) groups is 1. The van der Waals surface area contributed by atoms with Crippen LogP contribution >= 0.6 is 11.8 Å². The number of carbonyl (C=O) groups excluding carboxylic acids is 1. The number of amides is 1. The molecular formula is C16H14N2O2S. The summed E-state index contributed by atoms with van der Waals surface area (Å²) in [5.41, 5.74) is 2.02. The lowest BCUT2D eigenvalue weighted by atomic mass is 10.2. The molecule has 0 unspecified atom stereocenters. The molecule has 0 N–H and O–H groups in total. The summed E-state index contributed by atoms with van der Waals surface area (Å²) < 4.78 is 5.25. The van der Waals surface area contributed by atoms with Crippen molar-refractivity contribution in [2.45, 2.75) is 6.92 Å². The van der Waals surface area contributed by atoms with E-state index in [1.807, 2.05) is 37.3 Å². The van der Waals surface area contributed by atoms with Crippen molar-refractivity contribution in [3.63, 3.8) is 0 Å². The second-order valence-corrected chi connectivity index (χ2v) is 5.73. The van der Waals surface area contributed by atoms with Crippen LogP contribution in [-0.2, 0) is 4.79 Å². The van der Waals surface area contributed by atoms with Crippen LogP contribution in [0.15, 0.2) is 57.0 Å². The molecule has 1 aromatic carbocycles. The zero-order valence-electron chi connectivity index (χ0n) is 11.7. The molecule has 1 aliphatic heterocycles. The first-order valence-corrected chi connectivity index (χ1v) is 7.31. The van der Waals surface area contributed by atoms with E-state index >= 15 is 0 Å². The zero-order valence-corrected chi connectivity index (χ0v) is 12.6. The van der Waals surface area contributed by atoms with Gasteiger partial charge in [-0.1, -0.05) is 17.7 Å². The van der Waals surface area contributed by atoms with E-state index in [1.54, 1.807) is 30.4 Å². The van der Waals surface area contributed by atoms with Gasteiger partial charge >= 0.3 is 0 Å². The van der Waals surface area contributed by atoms with Crippen molar-refractivity contribution < 1.29 is 9.21 Å². The monoisotopic (exact) mass is 298 g/mol. The number of furan rings is 1. The number of amidine groups is 1. The highest BCUT2D eigenvalue weighted by molar-refractivity contribution is 8.18. The van der Waals surface area contributed by atoms with Crippen LogP contribution in [0.2, 0.25) is 0 Å². The lowest BCUT2D eigenvalue weighted by Gasteiger charge is -2.07. The van der Waals surface area contributed by atoms with Gasteiger partial charge in [-0.15, -0.1) is 0 Å². The van der Waals surface area contributed by atoms with Crippen LogP contribution in [0.25, 0.3) is 6.08 Å². The topological polar surface area (TPSA) is 45.8 Å². The maximum absolute atomic E-state index is 12.2. The highest BCUT2D eigenvalue weighted by atomic mass is 32.2. The predicted molar refractivity (Wildman–Crippen MR) is 85.3 cm³/mol. The first-order chi connectivity index (χ1) is 10.1. The number of hydrogen-bond acceptors (Lipinski definition) is 4. The average Bonchev–Trinajstić information content (AvgIpc) is 3.07. The van der Waals surface area contributed by atoms with Crippen molar-refractivity contribution in [1.82, 2.24) is 4.90 Å². The number of rotatable bonds is 2. The molecule has 2 aromatic rings. The van der Waals surface area contributed by atoms with Crippen LogP contribution in [0, 0.1) is 6.92 Å². The summed E-state index contributed by atoms with van der Waals surface area (Å²) in [6.45, 7) is 2.03. The van der Waals surface area contributed by atoms with E-state index in [2.05, 4.69) is 4.99 Å². The van der Waals surface area contributed by atoms with Crippen LogP contribution in [0.3, 0.4) is 0 Å². The minimum Gasteiger partial charge on any atom is -0.465 e. The average molecular weight is 298 g/mol. The molecule has 0 saturated carbocycles. The summed E-state index contributed by atoms with van der Waals surface area (Å²) in [5, 5.41) is 0.668. The summed E-state index contributed by atoms with van der Waals surface area (Å²) >= 11 is 1.35. The fraction of sp³-hybridized carbons (Fsp3) is 0.125. The summed E-state index contributed by atoms with van der Waals surface area (Å²) in [6.07, 6.45) is 3.32. The lowest BCUT2D eigenvalue weighted by Crippen LogP contribution is -2.23. The quantitative estimate of drug-likeness (QED) is 0.792. The van der Waals surface area contributed by atoms with Crippen LogP contribution in [0.1, 0.15) is 11.3 Å². The maximum atomic E-state index is 12.2. The molecule has 1 fully saturated rings. The second-order valence-electron chi connectivity index (χ2n) is 4.72. The Kier molecular flexibility index (Phi) is 3.66. The van der Waals surface area contributed by atoms with E-state index in [0.29, 0.717) is 15.8 Å².